The fraction of sp³-hybridized carbons (Fsp3) is 0.125. The normalized spacial score (nSPS) is 10.8. The summed E-state index contributed by atoms with van der Waals surface area (Å²) in [6, 6.07) is 19.9. The number of carbonyl (C=O) groups is 2. The lowest BCUT2D eigenvalue weighted by Gasteiger charge is -2.09. The molecule has 32 heavy (non-hydrogen) atoms. The molecule has 8 nitrogen and oxygen atoms in total. The number of hydrogen-bond donors (Lipinski definition) is 2. The standard InChI is InChI=1S/C24H22N4O4/c1-15-22(23(30)28(27(15)2)18-10-4-3-5-11-18)26-21(29)14-32-24(31)19-12-16-8-6-7-9-17(16)13-20(19)25/h3-13H,14,25H2,1-2H3,(H,26,29). The molecule has 1 heterocycles. The minimum atomic E-state index is -0.713. The minimum absolute atomic E-state index is 0.127. The molecule has 162 valence electrons. The van der Waals surface area contributed by atoms with Crippen LogP contribution in [-0.4, -0.2) is 27.8 Å². The quantitative estimate of drug-likeness (QED) is 0.374. The number of para-hydroxylation sites is 1. The Kier molecular flexibility index (Phi) is 5.51. The highest BCUT2D eigenvalue weighted by Gasteiger charge is 2.19. The van der Waals surface area contributed by atoms with Crippen LogP contribution in [0.25, 0.3) is 16.5 Å². The molecule has 3 N–H and O–H groups in total. The molecule has 4 rings (SSSR count). The number of nitrogens with zero attached hydrogens (tertiary/aromatic N) is 2. The van der Waals surface area contributed by atoms with Gasteiger partial charge in [-0.25, -0.2) is 9.48 Å². The molecule has 0 atom stereocenters. The maximum Gasteiger partial charge on any atom is 0.340 e. The molecule has 3 aromatic carbocycles. The van der Waals surface area contributed by atoms with Crippen molar-refractivity contribution >= 4 is 34.0 Å². The highest BCUT2D eigenvalue weighted by molar-refractivity contribution is 6.02. The molecule has 0 aliphatic heterocycles. The molecule has 8 heteroatoms. The maximum atomic E-state index is 12.9. The van der Waals surface area contributed by atoms with Gasteiger partial charge in [0.25, 0.3) is 11.5 Å². The summed E-state index contributed by atoms with van der Waals surface area (Å²) in [7, 11) is 1.72. The number of rotatable bonds is 5. The van der Waals surface area contributed by atoms with Gasteiger partial charge < -0.3 is 15.8 Å². The van der Waals surface area contributed by atoms with Crippen molar-refractivity contribution in [2.45, 2.75) is 6.92 Å². The molecule has 0 bridgehead atoms. The van der Waals surface area contributed by atoms with E-state index in [1.54, 1.807) is 42.9 Å². The van der Waals surface area contributed by atoms with Gasteiger partial charge >= 0.3 is 5.97 Å². The van der Waals surface area contributed by atoms with Gasteiger partial charge in [0.2, 0.25) is 0 Å². The molecule has 1 aromatic heterocycles. The van der Waals surface area contributed by atoms with E-state index in [0.717, 1.165) is 10.8 Å². The van der Waals surface area contributed by atoms with E-state index in [-0.39, 0.29) is 22.5 Å². The van der Waals surface area contributed by atoms with Crippen LogP contribution >= 0.6 is 0 Å². The second kappa shape index (κ2) is 8.43. The van der Waals surface area contributed by atoms with Gasteiger partial charge in [0.1, 0.15) is 5.69 Å². The Morgan fingerprint density at radius 1 is 1.00 bits per heavy atom. The van der Waals surface area contributed by atoms with Crippen molar-refractivity contribution < 1.29 is 14.3 Å². The fourth-order valence-electron chi connectivity index (χ4n) is 3.53. The number of benzene rings is 3. The van der Waals surface area contributed by atoms with Crippen LogP contribution < -0.4 is 16.6 Å². The summed E-state index contributed by atoms with van der Waals surface area (Å²) >= 11 is 0. The van der Waals surface area contributed by atoms with E-state index in [2.05, 4.69) is 5.32 Å². The average molecular weight is 430 g/mol. The molecular formula is C24H22N4O4. The average Bonchev–Trinajstić information content (AvgIpc) is 3.00. The Labute approximate surface area is 183 Å². The first-order valence-electron chi connectivity index (χ1n) is 9.96. The van der Waals surface area contributed by atoms with Crippen LogP contribution in [0.2, 0.25) is 0 Å². The predicted molar refractivity (Wildman–Crippen MR) is 123 cm³/mol. The zero-order valence-electron chi connectivity index (χ0n) is 17.7. The lowest BCUT2D eigenvalue weighted by molar-refractivity contribution is -0.119. The Morgan fingerprint density at radius 3 is 2.31 bits per heavy atom. The summed E-state index contributed by atoms with van der Waals surface area (Å²) < 4.78 is 8.25. The predicted octanol–water partition coefficient (Wildman–Crippen LogP) is 3.02. The smallest absolute Gasteiger partial charge is 0.340 e. The number of nitrogens with two attached hydrogens (primary N) is 1. The van der Waals surface area contributed by atoms with Crippen LogP contribution in [0.5, 0.6) is 0 Å². The molecule has 0 aliphatic carbocycles. The van der Waals surface area contributed by atoms with Crippen LogP contribution in [0, 0.1) is 6.92 Å². The maximum absolute atomic E-state index is 12.9. The summed E-state index contributed by atoms with van der Waals surface area (Å²) in [5, 5.41) is 4.29. The summed E-state index contributed by atoms with van der Waals surface area (Å²) in [6.45, 7) is 1.17. The molecule has 0 saturated carbocycles. The third kappa shape index (κ3) is 3.85. The number of amides is 1. The number of anilines is 2. The van der Waals surface area contributed by atoms with Crippen LogP contribution in [0.1, 0.15) is 16.1 Å². The van der Waals surface area contributed by atoms with Gasteiger partial charge in [0.15, 0.2) is 6.61 Å². The van der Waals surface area contributed by atoms with Gasteiger partial charge in [-0.05, 0) is 42.0 Å². The Hall–Kier alpha value is -4.33. The van der Waals surface area contributed by atoms with E-state index in [0.29, 0.717) is 11.4 Å². The van der Waals surface area contributed by atoms with Crippen molar-refractivity contribution in [2.75, 3.05) is 17.7 Å². The second-order valence-electron chi connectivity index (χ2n) is 7.35. The van der Waals surface area contributed by atoms with E-state index < -0.39 is 18.5 Å². The molecular weight excluding hydrogens is 408 g/mol. The first-order valence-corrected chi connectivity index (χ1v) is 9.96. The summed E-state index contributed by atoms with van der Waals surface area (Å²) in [4.78, 5) is 37.8. The van der Waals surface area contributed by atoms with Crippen LogP contribution in [0.4, 0.5) is 11.4 Å². The van der Waals surface area contributed by atoms with Gasteiger partial charge in [-0.1, -0.05) is 42.5 Å². The Bertz CT molecular complexity index is 1390. The van der Waals surface area contributed by atoms with Gasteiger partial charge in [0, 0.05) is 12.7 Å². The van der Waals surface area contributed by atoms with Crippen molar-refractivity contribution in [3.8, 4) is 5.69 Å². The van der Waals surface area contributed by atoms with Gasteiger partial charge in [-0.2, -0.15) is 0 Å². The second-order valence-corrected chi connectivity index (χ2v) is 7.35. The number of carbonyl (C=O) groups excluding carboxylic acids is 2. The first kappa shape index (κ1) is 20.9. The third-order valence-electron chi connectivity index (χ3n) is 5.29. The lowest BCUT2D eigenvalue weighted by atomic mass is 10.1. The largest absolute Gasteiger partial charge is 0.452 e. The molecule has 0 unspecified atom stereocenters. The van der Waals surface area contributed by atoms with Crippen molar-refractivity contribution in [2.24, 2.45) is 7.05 Å². The SMILES string of the molecule is Cc1c(NC(=O)COC(=O)c2cc3ccccc3cc2N)c(=O)n(-c2ccccc2)n1C. The Balaban J connectivity index is 1.49. The molecule has 0 spiro atoms. The number of esters is 1. The van der Waals surface area contributed by atoms with Gasteiger partial charge in [0.05, 0.1) is 16.9 Å². The zero-order valence-corrected chi connectivity index (χ0v) is 17.7. The lowest BCUT2D eigenvalue weighted by Crippen LogP contribution is -2.26. The summed E-state index contributed by atoms with van der Waals surface area (Å²) in [6.07, 6.45) is 0. The highest BCUT2D eigenvalue weighted by Crippen LogP contribution is 2.22. The van der Waals surface area contributed by atoms with Crippen molar-refractivity contribution in [1.82, 2.24) is 9.36 Å². The molecule has 0 fully saturated rings. The zero-order chi connectivity index (χ0) is 22.8. The van der Waals surface area contributed by atoms with Crippen LogP contribution in [0.3, 0.4) is 0 Å². The van der Waals surface area contributed by atoms with Crippen molar-refractivity contribution in [3.63, 3.8) is 0 Å². The first-order chi connectivity index (χ1) is 15.4. The molecule has 0 aliphatic rings. The monoisotopic (exact) mass is 430 g/mol. The van der Waals surface area contributed by atoms with E-state index in [4.69, 9.17) is 10.5 Å². The number of nitrogens with one attached hydrogen (secondary N) is 1. The van der Waals surface area contributed by atoms with Crippen LogP contribution in [-0.2, 0) is 16.6 Å². The molecule has 1 amide bonds. The van der Waals surface area contributed by atoms with E-state index in [9.17, 15) is 14.4 Å². The molecule has 0 saturated heterocycles. The number of hydrogen-bond acceptors (Lipinski definition) is 5. The van der Waals surface area contributed by atoms with Crippen molar-refractivity contribution in [1.29, 1.82) is 0 Å². The minimum Gasteiger partial charge on any atom is -0.452 e. The Morgan fingerprint density at radius 2 is 1.62 bits per heavy atom. The number of fused-ring (bicyclic) bond motifs is 1. The summed E-state index contributed by atoms with van der Waals surface area (Å²) in [5.74, 6) is -1.33. The van der Waals surface area contributed by atoms with E-state index in [1.807, 2.05) is 42.5 Å². The van der Waals surface area contributed by atoms with Crippen molar-refractivity contribution in [3.05, 3.63) is 88.3 Å². The molecule has 4 aromatic rings. The topological polar surface area (TPSA) is 108 Å². The molecule has 0 radical (unpaired) electrons. The van der Waals surface area contributed by atoms with Crippen LogP contribution in [0.15, 0.2) is 71.5 Å². The highest BCUT2D eigenvalue weighted by atomic mass is 16.5. The van der Waals surface area contributed by atoms with E-state index in [1.165, 1.54) is 4.68 Å². The van der Waals surface area contributed by atoms with Gasteiger partial charge in [-0.3, -0.25) is 14.3 Å². The number of nitrogen functional groups attached to an aromatic ring is 1. The summed E-state index contributed by atoms with van der Waals surface area (Å²) in [5.41, 5.74) is 7.41. The van der Waals surface area contributed by atoms with Gasteiger partial charge in [-0.15, -0.1) is 0 Å². The number of ether oxygens (including phenoxy) is 1. The third-order valence-corrected chi connectivity index (χ3v) is 5.29. The van der Waals surface area contributed by atoms with E-state index >= 15 is 0 Å². The fourth-order valence-corrected chi connectivity index (χ4v) is 3.53. The number of aromatic nitrogens is 2.